The molecule has 0 aliphatic carbocycles. The third-order valence-corrected chi connectivity index (χ3v) is 6.77. The lowest BCUT2D eigenvalue weighted by Crippen LogP contribution is -2.33. The van der Waals surface area contributed by atoms with Crippen LogP contribution < -0.4 is 9.47 Å². The van der Waals surface area contributed by atoms with Crippen molar-refractivity contribution in [3.8, 4) is 11.5 Å². The molecule has 2 heterocycles. The summed E-state index contributed by atoms with van der Waals surface area (Å²) in [5.41, 5.74) is 5.91. The fourth-order valence-electron chi connectivity index (χ4n) is 4.49. The van der Waals surface area contributed by atoms with Crippen molar-refractivity contribution in [1.29, 1.82) is 0 Å². The monoisotopic (exact) mass is 473 g/mol. The van der Waals surface area contributed by atoms with Crippen molar-refractivity contribution >= 4 is 23.5 Å². The molecule has 174 valence electrons. The van der Waals surface area contributed by atoms with Crippen LogP contribution in [0.1, 0.15) is 57.9 Å². The van der Waals surface area contributed by atoms with Gasteiger partial charge in [-0.15, -0.1) is 0 Å². The summed E-state index contributed by atoms with van der Waals surface area (Å²) in [5.74, 6) is 2.20. The average molecular weight is 474 g/mol. The fraction of sp³-hybridized carbons (Fsp3) is 0.276. The summed E-state index contributed by atoms with van der Waals surface area (Å²) in [6, 6.07) is 18.2. The number of ketones is 1. The van der Waals surface area contributed by atoms with Gasteiger partial charge in [0.25, 0.3) is 0 Å². The van der Waals surface area contributed by atoms with Crippen molar-refractivity contribution in [3.63, 3.8) is 0 Å². The Labute approximate surface area is 205 Å². The SMILES string of the molecule is Cc1cc2c(c3c1C(=O)/C(=C\c1ccc(C(C)C)cc1)O3)CN(CCc1ccc(Cl)cc1)CO2. The highest BCUT2D eigenvalue weighted by Gasteiger charge is 2.35. The molecule has 0 fully saturated rings. The van der Waals surface area contributed by atoms with Gasteiger partial charge in [0.1, 0.15) is 18.2 Å². The first-order valence-corrected chi connectivity index (χ1v) is 12.1. The second-order valence-corrected chi connectivity index (χ2v) is 9.77. The van der Waals surface area contributed by atoms with E-state index < -0.39 is 0 Å². The summed E-state index contributed by atoms with van der Waals surface area (Å²) in [7, 11) is 0. The van der Waals surface area contributed by atoms with E-state index in [-0.39, 0.29) is 5.78 Å². The highest BCUT2D eigenvalue weighted by Crippen LogP contribution is 2.44. The summed E-state index contributed by atoms with van der Waals surface area (Å²) in [6.07, 6.45) is 2.72. The number of carbonyl (C=O) groups excluding carboxylic acids is 1. The smallest absolute Gasteiger partial charge is 0.232 e. The van der Waals surface area contributed by atoms with Gasteiger partial charge >= 0.3 is 0 Å². The van der Waals surface area contributed by atoms with Gasteiger partial charge in [0.2, 0.25) is 5.78 Å². The standard InChI is InChI=1S/C29H28ClNO3/c1-18(2)22-8-4-21(5-9-22)15-26-28(32)27-19(3)14-25-24(29(27)34-26)16-31(17-33-25)13-12-20-6-10-23(30)11-7-20/h4-11,14-15,18H,12-13,16-17H2,1-3H3/b26-15+. The second kappa shape index (κ2) is 9.28. The molecule has 0 N–H and O–H groups in total. The minimum absolute atomic E-state index is 0.0680. The zero-order valence-corrected chi connectivity index (χ0v) is 20.5. The Morgan fingerprint density at radius 3 is 2.53 bits per heavy atom. The Hall–Kier alpha value is -3.08. The topological polar surface area (TPSA) is 38.8 Å². The molecule has 0 bridgehead atoms. The summed E-state index contributed by atoms with van der Waals surface area (Å²) >= 11 is 6.00. The Morgan fingerprint density at radius 1 is 1.09 bits per heavy atom. The molecular formula is C29H28ClNO3. The Morgan fingerprint density at radius 2 is 1.82 bits per heavy atom. The maximum atomic E-state index is 13.2. The van der Waals surface area contributed by atoms with Crippen molar-refractivity contribution in [2.45, 2.75) is 39.7 Å². The van der Waals surface area contributed by atoms with Gasteiger partial charge in [-0.2, -0.15) is 0 Å². The van der Waals surface area contributed by atoms with Crippen LogP contribution in [0.4, 0.5) is 0 Å². The number of rotatable bonds is 5. The molecule has 34 heavy (non-hydrogen) atoms. The molecule has 0 aromatic heterocycles. The molecule has 5 rings (SSSR count). The van der Waals surface area contributed by atoms with E-state index in [1.54, 1.807) is 0 Å². The van der Waals surface area contributed by atoms with Crippen molar-refractivity contribution in [3.05, 3.63) is 98.8 Å². The number of Topliss-reactive ketones (excluding diaryl/α,β-unsaturated/α-hetero) is 1. The molecule has 0 unspecified atom stereocenters. The molecular weight excluding hydrogens is 446 g/mol. The lowest BCUT2D eigenvalue weighted by atomic mass is 9.98. The predicted octanol–water partition coefficient (Wildman–Crippen LogP) is 6.78. The van der Waals surface area contributed by atoms with Crippen LogP contribution in [0.2, 0.25) is 5.02 Å². The summed E-state index contributed by atoms with van der Waals surface area (Å²) < 4.78 is 12.3. The number of fused-ring (bicyclic) bond motifs is 3. The van der Waals surface area contributed by atoms with Crippen LogP contribution in [-0.4, -0.2) is 24.0 Å². The van der Waals surface area contributed by atoms with Crippen LogP contribution in [-0.2, 0) is 13.0 Å². The normalized spacial score (nSPS) is 16.4. The third-order valence-electron chi connectivity index (χ3n) is 6.52. The fourth-order valence-corrected chi connectivity index (χ4v) is 4.61. The lowest BCUT2D eigenvalue weighted by molar-refractivity contribution is 0.0949. The van der Waals surface area contributed by atoms with E-state index in [0.717, 1.165) is 40.4 Å². The minimum Gasteiger partial charge on any atom is -0.478 e. The largest absolute Gasteiger partial charge is 0.478 e. The highest BCUT2D eigenvalue weighted by molar-refractivity contribution is 6.30. The second-order valence-electron chi connectivity index (χ2n) is 9.34. The van der Waals surface area contributed by atoms with E-state index in [0.29, 0.717) is 36.3 Å². The zero-order chi connectivity index (χ0) is 23.8. The van der Waals surface area contributed by atoms with Crippen LogP contribution in [0.3, 0.4) is 0 Å². The number of ether oxygens (including phenoxy) is 2. The summed E-state index contributed by atoms with van der Waals surface area (Å²) in [4.78, 5) is 15.5. The molecule has 0 saturated heterocycles. The van der Waals surface area contributed by atoms with Crippen LogP contribution in [0, 0.1) is 6.92 Å². The average Bonchev–Trinajstić information content (AvgIpc) is 3.16. The molecule has 0 amide bonds. The highest BCUT2D eigenvalue weighted by atomic mass is 35.5. The minimum atomic E-state index is -0.0680. The van der Waals surface area contributed by atoms with Gasteiger partial charge in [0.15, 0.2) is 5.76 Å². The van der Waals surface area contributed by atoms with E-state index in [1.165, 1.54) is 11.1 Å². The number of benzene rings is 3. The van der Waals surface area contributed by atoms with Gasteiger partial charge in [0, 0.05) is 18.1 Å². The van der Waals surface area contributed by atoms with Gasteiger partial charge in [-0.1, -0.05) is 61.8 Å². The summed E-state index contributed by atoms with van der Waals surface area (Å²) in [5, 5.41) is 0.742. The first-order valence-electron chi connectivity index (χ1n) is 11.7. The van der Waals surface area contributed by atoms with Gasteiger partial charge in [-0.05, 0) is 65.8 Å². The number of carbonyl (C=O) groups is 1. The van der Waals surface area contributed by atoms with E-state index in [4.69, 9.17) is 21.1 Å². The van der Waals surface area contributed by atoms with Crippen LogP contribution in [0.5, 0.6) is 11.5 Å². The Bertz CT molecular complexity index is 1260. The number of nitrogens with zero attached hydrogens (tertiary/aromatic N) is 1. The molecule has 0 radical (unpaired) electrons. The van der Waals surface area contributed by atoms with Crippen LogP contribution >= 0.6 is 11.6 Å². The number of hydrogen-bond donors (Lipinski definition) is 0. The number of allylic oxidation sites excluding steroid dienone is 1. The quantitative estimate of drug-likeness (QED) is 0.383. The lowest BCUT2D eigenvalue weighted by Gasteiger charge is -2.30. The van der Waals surface area contributed by atoms with E-state index in [9.17, 15) is 4.79 Å². The van der Waals surface area contributed by atoms with Crippen molar-refractivity contribution < 1.29 is 14.3 Å². The van der Waals surface area contributed by atoms with Gasteiger partial charge < -0.3 is 9.47 Å². The molecule has 5 heteroatoms. The number of halogens is 1. The van der Waals surface area contributed by atoms with Crippen molar-refractivity contribution in [1.82, 2.24) is 4.90 Å². The maximum absolute atomic E-state index is 13.2. The zero-order valence-electron chi connectivity index (χ0n) is 19.7. The molecule has 0 spiro atoms. The van der Waals surface area contributed by atoms with Crippen LogP contribution in [0.25, 0.3) is 6.08 Å². The first-order chi connectivity index (χ1) is 16.4. The molecule has 2 aliphatic rings. The van der Waals surface area contributed by atoms with Gasteiger partial charge in [-0.25, -0.2) is 0 Å². The maximum Gasteiger partial charge on any atom is 0.232 e. The van der Waals surface area contributed by atoms with Gasteiger partial charge in [-0.3, -0.25) is 9.69 Å². The number of aryl methyl sites for hydroxylation is 1. The Balaban J connectivity index is 1.37. The summed E-state index contributed by atoms with van der Waals surface area (Å²) in [6.45, 7) is 8.30. The number of hydrogen-bond acceptors (Lipinski definition) is 4. The predicted molar refractivity (Wildman–Crippen MR) is 136 cm³/mol. The third kappa shape index (κ3) is 4.48. The van der Waals surface area contributed by atoms with E-state index in [2.05, 4.69) is 43.0 Å². The van der Waals surface area contributed by atoms with Crippen molar-refractivity contribution in [2.24, 2.45) is 0 Å². The van der Waals surface area contributed by atoms with Gasteiger partial charge in [0.05, 0.1) is 11.1 Å². The Kier molecular flexibility index (Phi) is 6.20. The molecule has 0 atom stereocenters. The van der Waals surface area contributed by atoms with E-state index in [1.807, 2.05) is 43.3 Å². The molecule has 4 nitrogen and oxygen atoms in total. The van der Waals surface area contributed by atoms with Crippen molar-refractivity contribution in [2.75, 3.05) is 13.3 Å². The molecule has 3 aromatic rings. The van der Waals surface area contributed by atoms with E-state index >= 15 is 0 Å². The molecule has 0 saturated carbocycles. The molecule has 2 aliphatic heterocycles. The first kappa shape index (κ1) is 22.7. The van der Waals surface area contributed by atoms with Crippen LogP contribution in [0.15, 0.2) is 60.4 Å². The molecule has 3 aromatic carbocycles.